The lowest BCUT2D eigenvalue weighted by Crippen LogP contribution is -2.22. The number of nitrogens with zero attached hydrogens (tertiary/aromatic N) is 2. The Balaban J connectivity index is 1.87. The molecule has 6 heteroatoms. The van der Waals surface area contributed by atoms with E-state index in [9.17, 15) is 8.78 Å². The van der Waals surface area contributed by atoms with Crippen LogP contribution in [0.2, 0.25) is 0 Å². The highest BCUT2D eigenvalue weighted by Crippen LogP contribution is 2.34. The molecular formula is C14H15F2N3O. The molecule has 106 valence electrons. The van der Waals surface area contributed by atoms with Gasteiger partial charge in [-0.25, -0.2) is 4.98 Å². The van der Waals surface area contributed by atoms with Gasteiger partial charge < -0.3 is 14.6 Å². The summed E-state index contributed by atoms with van der Waals surface area (Å²) in [7, 11) is 0. The minimum Gasteiger partial charge on any atom is -0.434 e. The van der Waals surface area contributed by atoms with Crippen molar-refractivity contribution >= 4 is 5.95 Å². The van der Waals surface area contributed by atoms with Crippen molar-refractivity contribution in [2.75, 3.05) is 5.32 Å². The van der Waals surface area contributed by atoms with Crippen LogP contribution < -0.4 is 10.1 Å². The number of benzene rings is 1. The summed E-state index contributed by atoms with van der Waals surface area (Å²) in [6, 6.07) is 6.81. The van der Waals surface area contributed by atoms with Crippen molar-refractivity contribution in [3.8, 4) is 5.75 Å². The largest absolute Gasteiger partial charge is 0.434 e. The van der Waals surface area contributed by atoms with Gasteiger partial charge in [-0.2, -0.15) is 8.78 Å². The number of halogens is 2. The second-order valence-corrected chi connectivity index (χ2v) is 4.80. The first-order chi connectivity index (χ1) is 9.63. The van der Waals surface area contributed by atoms with E-state index >= 15 is 0 Å². The van der Waals surface area contributed by atoms with Gasteiger partial charge in [0.1, 0.15) is 5.75 Å². The molecule has 1 aliphatic rings. The van der Waals surface area contributed by atoms with Gasteiger partial charge in [0.2, 0.25) is 5.95 Å². The molecule has 1 N–H and O–H groups in total. The Morgan fingerprint density at radius 1 is 1.40 bits per heavy atom. The van der Waals surface area contributed by atoms with E-state index < -0.39 is 6.61 Å². The topological polar surface area (TPSA) is 39.1 Å². The molecule has 0 amide bonds. The van der Waals surface area contributed by atoms with Crippen LogP contribution in [-0.4, -0.2) is 16.2 Å². The van der Waals surface area contributed by atoms with Crippen LogP contribution in [0, 0.1) is 6.92 Å². The maximum atomic E-state index is 12.5. The number of fused-ring (bicyclic) bond motifs is 1. The normalized spacial score (nSPS) is 17.7. The summed E-state index contributed by atoms with van der Waals surface area (Å²) in [6.07, 6.45) is 2.77. The number of ether oxygens (including phenoxy) is 1. The molecule has 1 aliphatic heterocycles. The lowest BCUT2D eigenvalue weighted by Gasteiger charge is -2.27. The number of nitrogens with one attached hydrogen (secondary N) is 1. The number of imidazole rings is 1. The number of para-hydroxylation sites is 1. The second kappa shape index (κ2) is 5.11. The van der Waals surface area contributed by atoms with Crippen LogP contribution in [0.4, 0.5) is 14.7 Å². The zero-order valence-electron chi connectivity index (χ0n) is 11.0. The molecule has 0 radical (unpaired) electrons. The Morgan fingerprint density at radius 3 is 3.00 bits per heavy atom. The Morgan fingerprint density at radius 2 is 2.20 bits per heavy atom. The predicted molar refractivity (Wildman–Crippen MR) is 71.0 cm³/mol. The number of hydrogen-bond acceptors (Lipinski definition) is 3. The van der Waals surface area contributed by atoms with Gasteiger partial charge in [0.05, 0.1) is 11.7 Å². The molecule has 0 saturated heterocycles. The van der Waals surface area contributed by atoms with Gasteiger partial charge in [-0.3, -0.25) is 0 Å². The molecular weight excluding hydrogens is 264 g/mol. The molecule has 0 aliphatic carbocycles. The molecule has 20 heavy (non-hydrogen) atoms. The lowest BCUT2D eigenvalue weighted by atomic mass is 10.0. The second-order valence-electron chi connectivity index (χ2n) is 4.80. The summed E-state index contributed by atoms with van der Waals surface area (Å²) in [5.41, 5.74) is 1.67. The Bertz CT molecular complexity index is 612. The highest BCUT2D eigenvalue weighted by Gasteiger charge is 2.23. The van der Waals surface area contributed by atoms with Crippen molar-refractivity contribution in [2.24, 2.45) is 0 Å². The maximum absolute atomic E-state index is 12.5. The van der Waals surface area contributed by atoms with Crippen LogP contribution in [0.3, 0.4) is 0 Å². The van der Waals surface area contributed by atoms with Gasteiger partial charge >= 0.3 is 6.61 Å². The zero-order chi connectivity index (χ0) is 14.1. The average molecular weight is 279 g/mol. The quantitative estimate of drug-likeness (QED) is 0.936. The van der Waals surface area contributed by atoms with Crippen molar-refractivity contribution in [2.45, 2.75) is 32.5 Å². The van der Waals surface area contributed by atoms with Crippen LogP contribution in [-0.2, 0) is 6.54 Å². The number of anilines is 1. The summed E-state index contributed by atoms with van der Waals surface area (Å²) >= 11 is 0. The van der Waals surface area contributed by atoms with Crippen molar-refractivity contribution in [1.29, 1.82) is 0 Å². The van der Waals surface area contributed by atoms with Gasteiger partial charge in [0.25, 0.3) is 0 Å². The Kier molecular flexibility index (Phi) is 3.30. The molecule has 2 aromatic rings. The van der Waals surface area contributed by atoms with E-state index in [1.165, 1.54) is 0 Å². The SMILES string of the molecule is Cc1cn2c(n1)NC(c1ccccc1OC(F)F)CC2. The highest BCUT2D eigenvalue weighted by molar-refractivity contribution is 5.43. The predicted octanol–water partition coefficient (Wildman–Crippen LogP) is 3.35. The molecule has 4 nitrogen and oxygen atoms in total. The molecule has 0 saturated carbocycles. The fourth-order valence-electron chi connectivity index (χ4n) is 2.53. The standard InChI is InChI=1S/C14H15F2N3O/c1-9-8-19-7-6-11(18-14(19)17-9)10-4-2-3-5-12(10)20-13(15)16/h2-5,8,11,13H,6-7H2,1H3,(H,17,18). The number of rotatable bonds is 3. The minimum absolute atomic E-state index is 0.0701. The van der Waals surface area contributed by atoms with Crippen LogP contribution >= 0.6 is 0 Å². The maximum Gasteiger partial charge on any atom is 0.387 e. The Labute approximate surface area is 115 Å². The van der Waals surface area contributed by atoms with Crippen LogP contribution in [0.1, 0.15) is 23.7 Å². The molecule has 1 atom stereocenters. The monoisotopic (exact) mass is 279 g/mol. The number of alkyl halides is 2. The third-order valence-electron chi connectivity index (χ3n) is 3.37. The highest BCUT2D eigenvalue weighted by atomic mass is 19.3. The van der Waals surface area contributed by atoms with Gasteiger partial charge in [0.15, 0.2) is 0 Å². The van der Waals surface area contributed by atoms with E-state index in [1.54, 1.807) is 18.2 Å². The number of hydrogen-bond donors (Lipinski definition) is 1. The third kappa shape index (κ3) is 2.45. The average Bonchev–Trinajstić information content (AvgIpc) is 2.77. The summed E-state index contributed by atoms with van der Waals surface area (Å²) in [5.74, 6) is 0.988. The first kappa shape index (κ1) is 12.9. The third-order valence-corrected chi connectivity index (χ3v) is 3.37. The van der Waals surface area contributed by atoms with E-state index in [-0.39, 0.29) is 11.8 Å². The van der Waals surface area contributed by atoms with Crippen LogP contribution in [0.5, 0.6) is 5.75 Å². The van der Waals surface area contributed by atoms with Gasteiger partial charge in [-0.1, -0.05) is 18.2 Å². The first-order valence-electron chi connectivity index (χ1n) is 6.47. The number of aryl methyl sites for hydroxylation is 2. The van der Waals surface area contributed by atoms with E-state index in [0.717, 1.165) is 30.2 Å². The number of aromatic nitrogens is 2. The van der Waals surface area contributed by atoms with Crippen LogP contribution in [0.15, 0.2) is 30.5 Å². The van der Waals surface area contributed by atoms with Gasteiger partial charge in [-0.05, 0) is 19.4 Å². The summed E-state index contributed by atoms with van der Waals surface area (Å²) in [4.78, 5) is 4.38. The molecule has 2 heterocycles. The molecule has 0 fully saturated rings. The van der Waals surface area contributed by atoms with Crippen molar-refractivity contribution < 1.29 is 13.5 Å². The molecule has 3 rings (SSSR count). The summed E-state index contributed by atoms with van der Waals surface area (Å²) in [5, 5.41) is 3.27. The molecule has 1 unspecified atom stereocenters. The molecule has 0 bridgehead atoms. The van der Waals surface area contributed by atoms with E-state index in [0.29, 0.717) is 0 Å². The molecule has 1 aromatic heterocycles. The van der Waals surface area contributed by atoms with E-state index in [2.05, 4.69) is 15.0 Å². The van der Waals surface area contributed by atoms with Crippen molar-refractivity contribution in [3.05, 3.63) is 41.7 Å². The summed E-state index contributed by atoms with van der Waals surface area (Å²) < 4.78 is 31.5. The van der Waals surface area contributed by atoms with E-state index in [1.807, 2.05) is 23.8 Å². The van der Waals surface area contributed by atoms with Crippen molar-refractivity contribution in [1.82, 2.24) is 9.55 Å². The van der Waals surface area contributed by atoms with E-state index in [4.69, 9.17) is 0 Å². The van der Waals surface area contributed by atoms with Gasteiger partial charge in [-0.15, -0.1) is 0 Å². The fraction of sp³-hybridized carbons (Fsp3) is 0.357. The molecule has 0 spiro atoms. The van der Waals surface area contributed by atoms with Crippen LogP contribution in [0.25, 0.3) is 0 Å². The first-order valence-corrected chi connectivity index (χ1v) is 6.47. The fourth-order valence-corrected chi connectivity index (χ4v) is 2.53. The smallest absolute Gasteiger partial charge is 0.387 e. The van der Waals surface area contributed by atoms with Crippen molar-refractivity contribution in [3.63, 3.8) is 0 Å². The zero-order valence-corrected chi connectivity index (χ0v) is 11.0. The summed E-state index contributed by atoms with van der Waals surface area (Å²) in [6.45, 7) is -0.0869. The molecule has 1 aromatic carbocycles. The van der Waals surface area contributed by atoms with Gasteiger partial charge in [0, 0.05) is 18.3 Å². The lowest BCUT2D eigenvalue weighted by molar-refractivity contribution is -0.0506. The Hall–Kier alpha value is -2.11. The minimum atomic E-state index is -2.82.